The standard InChI is InChI=1S/C19H19F3N2O2S/c1-13-7-9-16(10-8-13)26-11-3-6-17(25)24-18(27)23-15-5-2-4-14(12-15)19(20,21)22/h2,4-5,7-10,12H,3,6,11H2,1H3,(H2,23,24,25,27). The van der Waals surface area contributed by atoms with Crippen molar-refractivity contribution in [1.82, 2.24) is 5.32 Å². The molecule has 0 bridgehead atoms. The molecule has 0 aliphatic rings. The van der Waals surface area contributed by atoms with Crippen LogP contribution in [0.15, 0.2) is 48.5 Å². The average Bonchev–Trinajstić information content (AvgIpc) is 2.59. The van der Waals surface area contributed by atoms with Crippen molar-refractivity contribution in [2.24, 2.45) is 0 Å². The Hall–Kier alpha value is -2.61. The summed E-state index contributed by atoms with van der Waals surface area (Å²) in [5.74, 6) is 0.384. The van der Waals surface area contributed by atoms with E-state index in [4.69, 9.17) is 17.0 Å². The van der Waals surface area contributed by atoms with Crippen molar-refractivity contribution in [2.75, 3.05) is 11.9 Å². The van der Waals surface area contributed by atoms with Gasteiger partial charge in [0, 0.05) is 12.1 Å². The van der Waals surface area contributed by atoms with Gasteiger partial charge in [0.05, 0.1) is 12.2 Å². The lowest BCUT2D eigenvalue weighted by Gasteiger charge is -2.12. The number of anilines is 1. The van der Waals surface area contributed by atoms with E-state index < -0.39 is 11.7 Å². The average molecular weight is 396 g/mol. The fourth-order valence-corrected chi connectivity index (χ4v) is 2.41. The van der Waals surface area contributed by atoms with E-state index in [1.165, 1.54) is 12.1 Å². The van der Waals surface area contributed by atoms with Gasteiger partial charge in [0.15, 0.2) is 5.11 Å². The van der Waals surface area contributed by atoms with Crippen LogP contribution >= 0.6 is 12.2 Å². The van der Waals surface area contributed by atoms with Crippen LogP contribution in [0.3, 0.4) is 0 Å². The molecule has 4 nitrogen and oxygen atoms in total. The van der Waals surface area contributed by atoms with Crippen molar-refractivity contribution in [1.29, 1.82) is 0 Å². The lowest BCUT2D eigenvalue weighted by molar-refractivity contribution is -0.137. The number of hydrogen-bond acceptors (Lipinski definition) is 3. The van der Waals surface area contributed by atoms with Gasteiger partial charge >= 0.3 is 6.18 Å². The first-order chi connectivity index (χ1) is 12.7. The zero-order chi connectivity index (χ0) is 19.9. The SMILES string of the molecule is Cc1ccc(OCCCC(=O)NC(=S)Nc2cccc(C(F)(F)F)c2)cc1. The van der Waals surface area contributed by atoms with Gasteiger partial charge in [-0.15, -0.1) is 0 Å². The van der Waals surface area contributed by atoms with E-state index in [0.717, 1.165) is 23.4 Å². The van der Waals surface area contributed by atoms with E-state index in [1.807, 2.05) is 31.2 Å². The number of aryl methyl sites for hydroxylation is 1. The van der Waals surface area contributed by atoms with Gasteiger partial charge in [-0.05, 0) is 55.9 Å². The first-order valence-electron chi connectivity index (χ1n) is 8.21. The number of alkyl halides is 3. The Morgan fingerprint density at radius 1 is 1.15 bits per heavy atom. The van der Waals surface area contributed by atoms with Crippen molar-refractivity contribution in [2.45, 2.75) is 25.9 Å². The molecule has 0 fully saturated rings. The summed E-state index contributed by atoms with van der Waals surface area (Å²) in [6, 6.07) is 12.1. The van der Waals surface area contributed by atoms with Crippen LogP contribution in [0.4, 0.5) is 18.9 Å². The monoisotopic (exact) mass is 396 g/mol. The summed E-state index contributed by atoms with van der Waals surface area (Å²) in [5.41, 5.74) is 0.483. The van der Waals surface area contributed by atoms with Gasteiger partial charge in [0.2, 0.25) is 5.91 Å². The quantitative estimate of drug-likeness (QED) is 0.550. The third-order valence-electron chi connectivity index (χ3n) is 3.54. The number of rotatable bonds is 6. The Balaban J connectivity index is 1.72. The Morgan fingerprint density at radius 2 is 1.85 bits per heavy atom. The predicted molar refractivity (Wildman–Crippen MR) is 102 cm³/mol. The number of nitrogens with one attached hydrogen (secondary N) is 2. The summed E-state index contributed by atoms with van der Waals surface area (Å²) in [7, 11) is 0. The minimum atomic E-state index is -4.44. The summed E-state index contributed by atoms with van der Waals surface area (Å²) in [6.45, 7) is 2.34. The van der Waals surface area contributed by atoms with Gasteiger partial charge < -0.3 is 15.4 Å². The molecule has 0 aliphatic carbocycles. The third-order valence-corrected chi connectivity index (χ3v) is 3.74. The molecule has 1 amide bonds. The normalized spacial score (nSPS) is 11.0. The molecule has 0 saturated carbocycles. The second kappa shape index (κ2) is 9.36. The van der Waals surface area contributed by atoms with Gasteiger partial charge in [-0.2, -0.15) is 13.2 Å². The molecule has 2 N–H and O–H groups in total. The van der Waals surface area contributed by atoms with E-state index in [-0.39, 0.29) is 23.1 Å². The Bertz CT molecular complexity index is 792. The Labute approximate surface area is 160 Å². The first kappa shape index (κ1) is 20.7. The van der Waals surface area contributed by atoms with Crippen LogP contribution in [0.2, 0.25) is 0 Å². The van der Waals surface area contributed by atoms with Gasteiger partial charge in [-0.25, -0.2) is 0 Å². The molecule has 0 aliphatic heterocycles. The lowest BCUT2D eigenvalue weighted by atomic mass is 10.2. The van der Waals surface area contributed by atoms with Crippen LogP contribution in [0.1, 0.15) is 24.0 Å². The van der Waals surface area contributed by atoms with Gasteiger partial charge in [0.1, 0.15) is 5.75 Å². The lowest BCUT2D eigenvalue weighted by Crippen LogP contribution is -2.34. The number of halogens is 3. The highest BCUT2D eigenvalue weighted by Crippen LogP contribution is 2.30. The van der Waals surface area contributed by atoms with Crippen LogP contribution < -0.4 is 15.4 Å². The second-order valence-electron chi connectivity index (χ2n) is 5.85. The number of ether oxygens (including phenoxy) is 1. The number of carbonyl (C=O) groups excluding carboxylic acids is 1. The summed E-state index contributed by atoms with van der Waals surface area (Å²) in [4.78, 5) is 11.9. The smallest absolute Gasteiger partial charge is 0.416 e. The van der Waals surface area contributed by atoms with Crippen LogP contribution in [-0.2, 0) is 11.0 Å². The molecule has 0 heterocycles. The number of amides is 1. The van der Waals surface area contributed by atoms with Crippen molar-refractivity contribution in [3.63, 3.8) is 0 Å². The molecule has 0 saturated heterocycles. The number of thiocarbonyl (C=S) groups is 1. The summed E-state index contributed by atoms with van der Waals surface area (Å²) in [6.07, 6.45) is -3.79. The zero-order valence-corrected chi connectivity index (χ0v) is 15.4. The molecular weight excluding hydrogens is 377 g/mol. The fraction of sp³-hybridized carbons (Fsp3) is 0.263. The van der Waals surface area contributed by atoms with E-state index in [9.17, 15) is 18.0 Å². The highest BCUT2D eigenvalue weighted by atomic mass is 32.1. The molecule has 2 rings (SSSR count). The van der Waals surface area contributed by atoms with Crippen molar-refractivity contribution >= 4 is 28.9 Å². The molecular formula is C19H19F3N2O2S. The molecule has 144 valence electrons. The van der Waals surface area contributed by atoms with Crippen molar-refractivity contribution in [3.05, 3.63) is 59.7 Å². The molecule has 2 aromatic rings. The maximum absolute atomic E-state index is 12.7. The second-order valence-corrected chi connectivity index (χ2v) is 6.25. The predicted octanol–water partition coefficient (Wildman–Crippen LogP) is 4.69. The van der Waals surface area contributed by atoms with Gasteiger partial charge in [-0.3, -0.25) is 4.79 Å². The van der Waals surface area contributed by atoms with Gasteiger partial charge in [0.25, 0.3) is 0 Å². The minimum absolute atomic E-state index is 0.0567. The maximum atomic E-state index is 12.7. The highest BCUT2D eigenvalue weighted by molar-refractivity contribution is 7.80. The van der Waals surface area contributed by atoms with Crippen LogP contribution in [0, 0.1) is 6.92 Å². The Morgan fingerprint density at radius 3 is 2.52 bits per heavy atom. The Kier molecular flexibility index (Phi) is 7.18. The topological polar surface area (TPSA) is 50.4 Å². The van der Waals surface area contributed by atoms with Crippen LogP contribution in [-0.4, -0.2) is 17.6 Å². The zero-order valence-electron chi connectivity index (χ0n) is 14.6. The molecule has 0 spiro atoms. The highest BCUT2D eigenvalue weighted by Gasteiger charge is 2.30. The number of carbonyl (C=O) groups is 1. The molecule has 0 radical (unpaired) electrons. The van der Waals surface area contributed by atoms with Crippen molar-refractivity contribution < 1.29 is 22.7 Å². The fourth-order valence-electron chi connectivity index (χ4n) is 2.18. The minimum Gasteiger partial charge on any atom is -0.494 e. The summed E-state index contributed by atoms with van der Waals surface area (Å²) < 4.78 is 43.6. The maximum Gasteiger partial charge on any atom is 0.416 e. The van der Waals surface area contributed by atoms with Gasteiger partial charge in [-0.1, -0.05) is 23.8 Å². The largest absolute Gasteiger partial charge is 0.494 e. The molecule has 8 heteroatoms. The molecule has 0 atom stereocenters. The van der Waals surface area contributed by atoms with Crippen LogP contribution in [0.5, 0.6) is 5.75 Å². The van der Waals surface area contributed by atoms with E-state index in [1.54, 1.807) is 0 Å². The van der Waals surface area contributed by atoms with E-state index in [2.05, 4.69) is 10.6 Å². The molecule has 0 unspecified atom stereocenters. The molecule has 2 aromatic carbocycles. The van der Waals surface area contributed by atoms with E-state index in [0.29, 0.717) is 13.0 Å². The third kappa shape index (κ3) is 7.26. The number of hydrogen-bond donors (Lipinski definition) is 2. The summed E-state index contributed by atoms with van der Waals surface area (Å²) >= 11 is 4.96. The first-order valence-corrected chi connectivity index (χ1v) is 8.62. The van der Waals surface area contributed by atoms with Crippen molar-refractivity contribution in [3.8, 4) is 5.75 Å². The number of benzene rings is 2. The molecule has 0 aromatic heterocycles. The summed E-state index contributed by atoms with van der Waals surface area (Å²) in [5, 5.41) is 4.96. The van der Waals surface area contributed by atoms with E-state index >= 15 is 0 Å². The van der Waals surface area contributed by atoms with Crippen LogP contribution in [0.25, 0.3) is 0 Å². The molecule has 27 heavy (non-hydrogen) atoms.